The second-order valence-corrected chi connectivity index (χ2v) is 11.4. The average molecular weight is 424 g/mol. The first-order valence-electron chi connectivity index (χ1n) is 11.8. The van der Waals surface area contributed by atoms with Crippen LogP contribution in [0.3, 0.4) is 0 Å². The first kappa shape index (κ1) is 20.3. The molecule has 1 saturated heterocycles. The van der Waals surface area contributed by atoms with Gasteiger partial charge in [0.2, 0.25) is 0 Å². The second kappa shape index (κ2) is 5.99. The van der Waals surface area contributed by atoms with Gasteiger partial charge in [0.05, 0.1) is 36.1 Å². The molecule has 12 atom stereocenters. The Morgan fingerprint density at radius 1 is 1.10 bits per heavy atom. The number of methoxy groups -OCH3 is 2. The van der Waals surface area contributed by atoms with E-state index >= 15 is 0 Å². The van der Waals surface area contributed by atoms with Crippen molar-refractivity contribution in [2.75, 3.05) is 33.9 Å². The number of aliphatic hydroxyl groups is 4. The van der Waals surface area contributed by atoms with Crippen molar-refractivity contribution >= 4 is 0 Å². The van der Waals surface area contributed by atoms with E-state index in [0.29, 0.717) is 32.3 Å². The molecule has 0 aromatic carbocycles. The van der Waals surface area contributed by atoms with Crippen molar-refractivity contribution in [2.45, 2.75) is 74.6 Å². The van der Waals surface area contributed by atoms with Gasteiger partial charge in [0.1, 0.15) is 0 Å². The fourth-order valence-electron chi connectivity index (χ4n) is 10.3. The zero-order valence-corrected chi connectivity index (χ0v) is 18.3. The van der Waals surface area contributed by atoms with Gasteiger partial charge in [-0.25, -0.2) is 0 Å². The summed E-state index contributed by atoms with van der Waals surface area (Å²) in [6.07, 6.45) is 1.55. The molecule has 5 aliphatic carbocycles. The van der Waals surface area contributed by atoms with Crippen LogP contribution in [0.4, 0.5) is 0 Å². The third kappa shape index (κ3) is 1.80. The number of hydrogen-bond donors (Lipinski definition) is 4. The Morgan fingerprint density at radius 3 is 2.53 bits per heavy atom. The highest BCUT2D eigenvalue weighted by Crippen LogP contribution is 2.80. The molecule has 30 heavy (non-hydrogen) atoms. The van der Waals surface area contributed by atoms with Crippen LogP contribution in [0.2, 0.25) is 0 Å². The fourth-order valence-corrected chi connectivity index (χ4v) is 10.3. The summed E-state index contributed by atoms with van der Waals surface area (Å²) >= 11 is 0. The molecule has 5 saturated carbocycles. The van der Waals surface area contributed by atoms with E-state index in [4.69, 9.17) is 9.47 Å². The predicted octanol–water partition coefficient (Wildman–Crippen LogP) is -0.00800. The van der Waals surface area contributed by atoms with Crippen LogP contribution in [0.25, 0.3) is 0 Å². The van der Waals surface area contributed by atoms with Crippen LogP contribution in [0.5, 0.6) is 0 Å². The monoisotopic (exact) mass is 423 g/mol. The number of fused-ring (bicyclic) bond motifs is 2. The summed E-state index contributed by atoms with van der Waals surface area (Å²) in [5.74, 6) is -0.683. The molecule has 1 aliphatic heterocycles. The van der Waals surface area contributed by atoms with Crippen LogP contribution in [0.1, 0.15) is 39.0 Å². The van der Waals surface area contributed by atoms with Gasteiger partial charge in [-0.15, -0.1) is 0 Å². The average Bonchev–Trinajstić information content (AvgIpc) is 3.10. The Balaban J connectivity index is 1.62. The van der Waals surface area contributed by atoms with Gasteiger partial charge in [0.25, 0.3) is 0 Å². The molecular formula is C23H37NO6. The maximum absolute atomic E-state index is 12.6. The fraction of sp³-hybridized carbons (Fsp3) is 1.00. The van der Waals surface area contributed by atoms with E-state index in [9.17, 15) is 20.4 Å². The Hall–Kier alpha value is -0.280. The summed E-state index contributed by atoms with van der Waals surface area (Å²) in [6, 6.07) is -0.0828. The van der Waals surface area contributed by atoms with Crippen LogP contribution in [0.15, 0.2) is 0 Å². The van der Waals surface area contributed by atoms with Crippen molar-refractivity contribution in [3.63, 3.8) is 0 Å². The summed E-state index contributed by atoms with van der Waals surface area (Å²) in [6.45, 7) is 4.13. The first-order valence-corrected chi connectivity index (χ1v) is 11.8. The zero-order chi connectivity index (χ0) is 21.3. The summed E-state index contributed by atoms with van der Waals surface area (Å²) in [4.78, 5) is 2.42. The van der Waals surface area contributed by atoms with Gasteiger partial charge < -0.3 is 29.9 Å². The minimum Gasteiger partial charge on any atom is -0.392 e. The smallest absolute Gasteiger partial charge is 0.0840 e. The van der Waals surface area contributed by atoms with E-state index in [1.165, 1.54) is 0 Å². The molecule has 7 nitrogen and oxygen atoms in total. The third-order valence-corrected chi connectivity index (χ3v) is 11.1. The highest BCUT2D eigenvalue weighted by molar-refractivity contribution is 5.38. The van der Waals surface area contributed by atoms with Crippen LogP contribution in [0, 0.1) is 34.5 Å². The van der Waals surface area contributed by atoms with Gasteiger partial charge in [-0.1, -0.05) is 6.92 Å². The molecule has 0 amide bonds. The topological polar surface area (TPSA) is 103 Å². The molecule has 0 aromatic heterocycles. The summed E-state index contributed by atoms with van der Waals surface area (Å²) in [5.41, 5.74) is -3.38. The standard InChI is InChI=1S/C23H37NO6/c1-4-24-10-20(11-29-2)6-5-16(25)23-13-7-12-15(30-3)9-21(27,17(13)18(12)26)14(19(23)24)8-22(20,23)28/h12-19,25-28H,4-11H2,1-3H3. The molecule has 1 heterocycles. The summed E-state index contributed by atoms with van der Waals surface area (Å²) in [7, 11) is 3.36. The molecule has 0 radical (unpaired) electrons. The van der Waals surface area contributed by atoms with Gasteiger partial charge in [-0.2, -0.15) is 0 Å². The van der Waals surface area contributed by atoms with Gasteiger partial charge in [0, 0.05) is 61.8 Å². The zero-order valence-electron chi connectivity index (χ0n) is 18.3. The number of likely N-dealkylation sites (tertiary alicyclic amines) is 1. The third-order valence-electron chi connectivity index (χ3n) is 11.1. The minimum atomic E-state index is -1.10. The molecule has 1 spiro atoms. The maximum atomic E-state index is 12.6. The molecule has 6 aliphatic rings. The van der Waals surface area contributed by atoms with Gasteiger partial charge in [0.15, 0.2) is 0 Å². The second-order valence-electron chi connectivity index (χ2n) is 11.4. The van der Waals surface area contributed by atoms with E-state index < -0.39 is 34.2 Å². The van der Waals surface area contributed by atoms with Crippen molar-refractivity contribution in [1.29, 1.82) is 0 Å². The van der Waals surface area contributed by atoms with Gasteiger partial charge >= 0.3 is 0 Å². The molecule has 7 heteroatoms. The molecule has 6 fully saturated rings. The number of aliphatic hydroxyl groups excluding tert-OH is 2. The van der Waals surface area contributed by atoms with E-state index in [0.717, 1.165) is 19.5 Å². The summed E-state index contributed by atoms with van der Waals surface area (Å²) in [5, 5.41) is 47.9. The highest BCUT2D eigenvalue weighted by atomic mass is 16.5. The van der Waals surface area contributed by atoms with Crippen molar-refractivity contribution in [2.24, 2.45) is 34.5 Å². The SMILES string of the molecule is CCN1CC2(COC)CCC(O)C34C5CC6C(OC)CC(O)(C(CC23O)C14)C5C6O. The largest absolute Gasteiger partial charge is 0.392 e. The highest BCUT2D eigenvalue weighted by Gasteiger charge is 2.88. The molecule has 0 aromatic rings. The first-order chi connectivity index (χ1) is 14.3. The van der Waals surface area contributed by atoms with E-state index in [1.54, 1.807) is 14.2 Å². The lowest BCUT2D eigenvalue weighted by Gasteiger charge is -2.71. The van der Waals surface area contributed by atoms with Gasteiger partial charge in [-0.3, -0.25) is 4.90 Å². The van der Waals surface area contributed by atoms with Crippen molar-refractivity contribution in [1.82, 2.24) is 4.90 Å². The Labute approximate surface area is 178 Å². The molecule has 170 valence electrons. The number of nitrogens with zero attached hydrogens (tertiary/aromatic N) is 1. The van der Waals surface area contributed by atoms with Crippen LogP contribution < -0.4 is 0 Å². The number of rotatable bonds is 4. The number of piperidine rings is 1. The lowest BCUT2D eigenvalue weighted by molar-refractivity contribution is -0.321. The molecule has 7 bridgehead atoms. The summed E-state index contributed by atoms with van der Waals surface area (Å²) < 4.78 is 11.5. The molecular weight excluding hydrogens is 386 g/mol. The lowest BCUT2D eigenvalue weighted by Crippen LogP contribution is -2.81. The van der Waals surface area contributed by atoms with Crippen LogP contribution >= 0.6 is 0 Å². The molecule has 6 rings (SSSR count). The van der Waals surface area contributed by atoms with Crippen molar-refractivity contribution in [3.8, 4) is 0 Å². The quantitative estimate of drug-likeness (QED) is 0.504. The molecule has 4 N–H and O–H groups in total. The normalized spacial score (nSPS) is 63.3. The number of ether oxygens (including phenoxy) is 2. The van der Waals surface area contributed by atoms with Crippen molar-refractivity contribution in [3.05, 3.63) is 0 Å². The van der Waals surface area contributed by atoms with Crippen molar-refractivity contribution < 1.29 is 29.9 Å². The van der Waals surface area contributed by atoms with E-state index in [2.05, 4.69) is 11.8 Å². The van der Waals surface area contributed by atoms with Gasteiger partial charge in [-0.05, 0) is 38.1 Å². The maximum Gasteiger partial charge on any atom is 0.0840 e. The predicted molar refractivity (Wildman–Crippen MR) is 108 cm³/mol. The van der Waals surface area contributed by atoms with E-state index in [1.807, 2.05) is 0 Å². The minimum absolute atomic E-state index is 0.0515. The Kier molecular flexibility index (Phi) is 4.06. The lowest BCUT2D eigenvalue weighted by atomic mass is 9.41. The number of hydrogen-bond acceptors (Lipinski definition) is 7. The molecule has 12 unspecified atom stereocenters. The van der Waals surface area contributed by atoms with E-state index in [-0.39, 0.29) is 35.8 Å². The van der Waals surface area contributed by atoms with Crippen LogP contribution in [-0.4, -0.2) is 94.8 Å². The Bertz CT molecular complexity index is 751. The Morgan fingerprint density at radius 2 is 1.87 bits per heavy atom. The van der Waals surface area contributed by atoms with Crippen LogP contribution in [-0.2, 0) is 9.47 Å².